The van der Waals surface area contributed by atoms with Gasteiger partial charge < -0.3 is 9.16 Å². The van der Waals surface area contributed by atoms with E-state index in [1.807, 2.05) is 0 Å². The minimum atomic E-state index is 0.0358. The molecule has 0 spiro atoms. The summed E-state index contributed by atoms with van der Waals surface area (Å²) in [7, 11) is 2.95. The summed E-state index contributed by atoms with van der Waals surface area (Å²) in [4.78, 5) is 10.4. The Bertz CT molecular complexity index is 126. The first-order chi connectivity index (χ1) is 4.20. The molecule has 0 bridgehead atoms. The van der Waals surface area contributed by atoms with Crippen molar-refractivity contribution in [3.8, 4) is 0 Å². The second-order valence-electron chi connectivity index (χ2n) is 1.66. The highest BCUT2D eigenvalue weighted by Gasteiger charge is 2.12. The zero-order chi connectivity index (χ0) is 7.28. The molecule has 0 aliphatic heterocycles. The normalized spacial score (nSPS) is 11.2. The number of esters is 1. The van der Waals surface area contributed by atoms with Crippen molar-refractivity contribution in [3.63, 3.8) is 0 Å². The van der Waals surface area contributed by atoms with Crippen molar-refractivity contribution < 1.29 is 14.0 Å². The molecule has 0 aromatic carbocycles. The van der Waals surface area contributed by atoms with Crippen LogP contribution in [-0.4, -0.2) is 26.0 Å². The van der Waals surface area contributed by atoms with Crippen LogP contribution >= 0.6 is 0 Å². The summed E-state index contributed by atoms with van der Waals surface area (Å²) >= 11 is 0. The molecule has 0 rings (SSSR count). The maximum absolute atomic E-state index is 10.4. The Labute approximate surface area is 54.3 Å². The number of Topliss-reactive ketones (excluding diaryl/α,β-unsaturated/α-hetero) is 1. The third-order valence-corrected chi connectivity index (χ3v) is 0.849. The molecule has 0 aromatic heterocycles. The average Bonchev–Trinajstić information content (AvgIpc) is 1.82. The van der Waals surface area contributed by atoms with Gasteiger partial charge >= 0.3 is 5.97 Å². The zero-order valence-electron chi connectivity index (χ0n) is 5.93. The van der Waals surface area contributed by atoms with Gasteiger partial charge in [-0.2, -0.15) is 0 Å². The van der Waals surface area contributed by atoms with Gasteiger partial charge in [0.2, 0.25) is 0 Å². The SMILES string of the molecule is COC(CC(C)=O)=[O+]C. The Morgan fingerprint density at radius 3 is 2.33 bits per heavy atom. The highest BCUT2D eigenvalue weighted by atomic mass is 16.6. The van der Waals surface area contributed by atoms with E-state index in [1.54, 1.807) is 0 Å². The Morgan fingerprint density at radius 1 is 1.67 bits per heavy atom. The molecular formula is C6H11O3+. The summed E-state index contributed by atoms with van der Waals surface area (Å²) in [6.07, 6.45) is 0.243. The molecule has 0 heterocycles. The molecule has 0 N–H and O–H groups in total. The Kier molecular flexibility index (Phi) is 3.67. The number of methoxy groups -OCH3 is 1. The van der Waals surface area contributed by atoms with Crippen LogP contribution in [0.15, 0.2) is 0 Å². The fraction of sp³-hybridized carbons (Fsp3) is 0.667. The number of ketones is 1. The van der Waals surface area contributed by atoms with Crippen molar-refractivity contribution in [2.45, 2.75) is 13.3 Å². The van der Waals surface area contributed by atoms with Gasteiger partial charge in [0.25, 0.3) is 0 Å². The lowest BCUT2D eigenvalue weighted by atomic mass is 10.3. The third kappa shape index (κ3) is 3.70. The molecule has 0 unspecified atom stereocenters. The molecule has 3 heteroatoms. The molecule has 0 aliphatic carbocycles. The summed E-state index contributed by atoms with van der Waals surface area (Å²) < 4.78 is 9.37. The first-order valence-electron chi connectivity index (χ1n) is 2.64. The van der Waals surface area contributed by atoms with E-state index in [-0.39, 0.29) is 12.2 Å². The Hall–Kier alpha value is -0.860. The molecular weight excluding hydrogens is 120 g/mol. The van der Waals surface area contributed by atoms with Crippen molar-refractivity contribution in [1.82, 2.24) is 0 Å². The number of rotatable bonds is 2. The molecule has 3 nitrogen and oxygen atoms in total. The van der Waals surface area contributed by atoms with Gasteiger partial charge in [0.1, 0.15) is 5.78 Å². The zero-order valence-corrected chi connectivity index (χ0v) is 5.93. The second-order valence-corrected chi connectivity index (χ2v) is 1.66. The summed E-state index contributed by atoms with van der Waals surface area (Å²) in [6.45, 7) is 1.48. The largest absolute Gasteiger partial charge is 0.491 e. The minimum Gasteiger partial charge on any atom is -0.325 e. The Balaban J connectivity index is 3.71. The molecule has 0 saturated carbocycles. The lowest BCUT2D eigenvalue weighted by Crippen LogP contribution is -2.08. The smallest absolute Gasteiger partial charge is 0.325 e. The van der Waals surface area contributed by atoms with Crippen molar-refractivity contribution in [3.05, 3.63) is 0 Å². The van der Waals surface area contributed by atoms with Crippen LogP contribution in [0, 0.1) is 0 Å². The van der Waals surface area contributed by atoms with E-state index in [0.29, 0.717) is 5.97 Å². The monoisotopic (exact) mass is 131 g/mol. The maximum Gasteiger partial charge on any atom is 0.491 e. The van der Waals surface area contributed by atoms with Crippen molar-refractivity contribution >= 4 is 11.8 Å². The lowest BCUT2D eigenvalue weighted by Gasteiger charge is -1.85. The lowest BCUT2D eigenvalue weighted by molar-refractivity contribution is -0.432. The first kappa shape index (κ1) is 8.14. The topological polar surface area (TPSA) is 37.6 Å². The minimum absolute atomic E-state index is 0.0358. The number of carbonyl (C=O) groups excluding carboxylic acids is 2. The van der Waals surface area contributed by atoms with E-state index < -0.39 is 0 Å². The van der Waals surface area contributed by atoms with Gasteiger partial charge in [0, 0.05) is 0 Å². The van der Waals surface area contributed by atoms with Crippen LogP contribution in [0.4, 0.5) is 0 Å². The molecule has 0 aromatic rings. The van der Waals surface area contributed by atoms with E-state index in [0.717, 1.165) is 0 Å². The van der Waals surface area contributed by atoms with E-state index in [9.17, 15) is 4.79 Å². The molecule has 0 aliphatic rings. The standard InChI is InChI=1S/C6H11O3/c1-5(7)4-6(8-2)9-3/h4H2,1-3H3/q+1. The van der Waals surface area contributed by atoms with Crippen molar-refractivity contribution in [1.29, 1.82) is 0 Å². The third-order valence-electron chi connectivity index (χ3n) is 0.849. The van der Waals surface area contributed by atoms with Crippen LogP contribution in [0.5, 0.6) is 0 Å². The van der Waals surface area contributed by atoms with E-state index >= 15 is 0 Å². The molecule has 9 heavy (non-hydrogen) atoms. The quantitative estimate of drug-likeness (QED) is 0.307. The van der Waals surface area contributed by atoms with Gasteiger partial charge in [-0.1, -0.05) is 0 Å². The number of hydrogen-bond acceptors (Lipinski definition) is 2. The summed E-state index contributed by atoms with van der Waals surface area (Å²) in [6, 6.07) is 0. The van der Waals surface area contributed by atoms with E-state index in [4.69, 9.17) is 0 Å². The average molecular weight is 131 g/mol. The summed E-state index contributed by atoms with van der Waals surface area (Å²) in [5, 5.41) is 0. The Morgan fingerprint density at radius 2 is 2.22 bits per heavy atom. The predicted octanol–water partition coefficient (Wildman–Crippen LogP) is 0.304. The summed E-state index contributed by atoms with van der Waals surface area (Å²) in [5.74, 6) is 0.399. The van der Waals surface area contributed by atoms with Gasteiger partial charge in [0.05, 0.1) is 0 Å². The highest BCUT2D eigenvalue weighted by Crippen LogP contribution is 1.85. The van der Waals surface area contributed by atoms with Crippen LogP contribution in [-0.2, 0) is 14.0 Å². The number of carbonyl (C=O) groups is 1. The van der Waals surface area contributed by atoms with Crippen LogP contribution in [0.25, 0.3) is 0 Å². The second kappa shape index (κ2) is 4.06. The van der Waals surface area contributed by atoms with Crippen molar-refractivity contribution in [2.24, 2.45) is 0 Å². The summed E-state index contributed by atoms with van der Waals surface area (Å²) in [5.41, 5.74) is 0. The van der Waals surface area contributed by atoms with Gasteiger partial charge in [-0.25, -0.2) is 0 Å². The van der Waals surface area contributed by atoms with E-state index in [1.165, 1.54) is 21.1 Å². The molecule has 0 atom stereocenters. The van der Waals surface area contributed by atoms with Gasteiger partial charge in [-0.3, -0.25) is 4.79 Å². The van der Waals surface area contributed by atoms with Gasteiger partial charge in [-0.05, 0) is 6.92 Å². The fourth-order valence-corrected chi connectivity index (χ4v) is 0.431. The molecule has 0 amide bonds. The van der Waals surface area contributed by atoms with E-state index in [2.05, 4.69) is 9.16 Å². The maximum atomic E-state index is 10.4. The van der Waals surface area contributed by atoms with Gasteiger partial charge in [0.15, 0.2) is 20.6 Å². The van der Waals surface area contributed by atoms with Crippen LogP contribution in [0.3, 0.4) is 0 Å². The predicted molar refractivity (Wildman–Crippen MR) is 33.2 cm³/mol. The van der Waals surface area contributed by atoms with Gasteiger partial charge in [-0.15, -0.1) is 0 Å². The molecule has 0 radical (unpaired) electrons. The van der Waals surface area contributed by atoms with Crippen LogP contribution in [0.1, 0.15) is 13.3 Å². The fourth-order valence-electron chi connectivity index (χ4n) is 0.431. The highest BCUT2D eigenvalue weighted by molar-refractivity contribution is 5.94. The van der Waals surface area contributed by atoms with Crippen LogP contribution in [0.2, 0.25) is 0 Å². The van der Waals surface area contributed by atoms with Crippen LogP contribution < -0.4 is 0 Å². The van der Waals surface area contributed by atoms with Crippen molar-refractivity contribution in [2.75, 3.05) is 14.2 Å². The molecule has 52 valence electrons. The molecule has 0 fully saturated rings. The number of hydrogen-bond donors (Lipinski definition) is 0. The number of ether oxygens (including phenoxy) is 1. The first-order valence-corrected chi connectivity index (χ1v) is 2.64. The molecule has 0 saturated heterocycles.